The van der Waals surface area contributed by atoms with Crippen molar-refractivity contribution in [1.29, 1.82) is 0 Å². The topological polar surface area (TPSA) is 76.2 Å². The lowest BCUT2D eigenvalue weighted by atomic mass is 10.0. The number of aliphatic carboxylic acids is 1. The first-order chi connectivity index (χ1) is 9.95. The fourth-order valence-corrected chi connectivity index (χ4v) is 2.16. The van der Waals surface area contributed by atoms with E-state index < -0.39 is 11.8 Å². The predicted molar refractivity (Wildman–Crippen MR) is 73.6 cm³/mol. The van der Waals surface area contributed by atoms with Crippen LogP contribution in [0.4, 0.5) is 4.39 Å². The lowest BCUT2D eigenvalue weighted by Crippen LogP contribution is -2.07. The maximum Gasteiger partial charge on any atom is 0.303 e. The Balaban J connectivity index is 2.03. The fourth-order valence-electron chi connectivity index (χ4n) is 1.97. The molecule has 2 aromatic rings. The molecule has 1 N–H and O–H groups in total. The van der Waals surface area contributed by atoms with Gasteiger partial charge in [0.1, 0.15) is 5.82 Å². The van der Waals surface area contributed by atoms with Crippen LogP contribution in [-0.4, -0.2) is 21.2 Å². The molecule has 0 radical (unpaired) electrons. The smallest absolute Gasteiger partial charge is 0.303 e. The highest BCUT2D eigenvalue weighted by molar-refractivity contribution is 6.30. The second-order valence-electron chi connectivity index (χ2n) is 4.90. The summed E-state index contributed by atoms with van der Waals surface area (Å²) in [5.41, 5.74) is 0.383. The molecule has 0 bridgehead atoms. The normalized spacial score (nSPS) is 12.3. The van der Waals surface area contributed by atoms with Crippen molar-refractivity contribution in [2.75, 3.05) is 0 Å². The average Bonchev–Trinajstić information content (AvgIpc) is 2.81. The number of hydrogen-bond donors (Lipinski definition) is 1. The van der Waals surface area contributed by atoms with Gasteiger partial charge in [0.15, 0.2) is 5.82 Å². The Labute approximate surface area is 125 Å². The van der Waals surface area contributed by atoms with Crippen LogP contribution >= 0.6 is 11.6 Å². The number of nitrogens with zero attached hydrogens (tertiary/aromatic N) is 2. The molecule has 0 fully saturated rings. The minimum absolute atomic E-state index is 0.0284. The highest BCUT2D eigenvalue weighted by Gasteiger charge is 2.15. The summed E-state index contributed by atoms with van der Waals surface area (Å²) in [5, 5.41) is 12.5. The van der Waals surface area contributed by atoms with Gasteiger partial charge in [-0.1, -0.05) is 35.8 Å². The van der Waals surface area contributed by atoms with Gasteiger partial charge in [-0.05, 0) is 17.5 Å². The van der Waals surface area contributed by atoms with Crippen LogP contribution in [0.3, 0.4) is 0 Å². The van der Waals surface area contributed by atoms with Gasteiger partial charge in [-0.25, -0.2) is 4.39 Å². The molecule has 0 amide bonds. The molecule has 1 aromatic heterocycles. The molecule has 21 heavy (non-hydrogen) atoms. The van der Waals surface area contributed by atoms with Crippen LogP contribution in [0.5, 0.6) is 0 Å². The van der Waals surface area contributed by atoms with Gasteiger partial charge in [0.2, 0.25) is 5.89 Å². The summed E-state index contributed by atoms with van der Waals surface area (Å²) < 4.78 is 18.8. The molecular formula is C14H14ClFN2O3. The third-order valence-electron chi connectivity index (χ3n) is 2.94. The summed E-state index contributed by atoms with van der Waals surface area (Å²) in [7, 11) is 0. The van der Waals surface area contributed by atoms with E-state index in [4.69, 9.17) is 21.2 Å². The van der Waals surface area contributed by atoms with E-state index in [1.54, 1.807) is 19.1 Å². The highest BCUT2D eigenvalue weighted by atomic mass is 35.5. The van der Waals surface area contributed by atoms with Crippen molar-refractivity contribution in [2.45, 2.75) is 26.2 Å². The molecule has 112 valence electrons. The van der Waals surface area contributed by atoms with Crippen molar-refractivity contribution >= 4 is 17.6 Å². The molecule has 0 spiro atoms. The minimum Gasteiger partial charge on any atom is -0.481 e. The first-order valence-electron chi connectivity index (χ1n) is 6.42. The first kappa shape index (κ1) is 15.4. The third kappa shape index (κ3) is 4.26. The molecule has 0 aliphatic heterocycles. The van der Waals surface area contributed by atoms with Crippen LogP contribution in [0.15, 0.2) is 22.7 Å². The Morgan fingerprint density at radius 1 is 1.52 bits per heavy atom. The zero-order valence-corrected chi connectivity index (χ0v) is 12.1. The molecule has 0 saturated carbocycles. The Hall–Kier alpha value is -1.95. The Morgan fingerprint density at radius 3 is 3.00 bits per heavy atom. The lowest BCUT2D eigenvalue weighted by molar-refractivity contribution is -0.137. The molecule has 1 aromatic carbocycles. The largest absolute Gasteiger partial charge is 0.481 e. The van der Waals surface area contributed by atoms with E-state index in [1.165, 1.54) is 6.07 Å². The number of carbonyl (C=O) groups is 1. The Morgan fingerprint density at radius 2 is 2.29 bits per heavy atom. The first-order valence-corrected chi connectivity index (χ1v) is 6.79. The van der Waals surface area contributed by atoms with E-state index in [1.807, 2.05) is 0 Å². The molecule has 0 saturated heterocycles. The molecule has 0 aliphatic rings. The molecule has 1 atom stereocenters. The summed E-state index contributed by atoms with van der Waals surface area (Å²) in [5.74, 6) is -0.790. The second kappa shape index (κ2) is 6.67. The predicted octanol–water partition coefficient (Wildman–Crippen LogP) is 3.11. The molecule has 1 heterocycles. The molecule has 1 unspecified atom stereocenters. The van der Waals surface area contributed by atoms with E-state index in [2.05, 4.69) is 10.1 Å². The standard InChI is InChI=1S/C14H14ClFN2O3/c1-8(6-13(19)20)5-12-17-11(18-21-12)7-9-3-2-4-10(15)14(9)16/h2-4,8H,5-7H2,1H3,(H,19,20). The van der Waals surface area contributed by atoms with Crippen molar-refractivity contribution < 1.29 is 18.8 Å². The van der Waals surface area contributed by atoms with Gasteiger partial charge in [0, 0.05) is 19.3 Å². The number of aromatic nitrogens is 2. The summed E-state index contributed by atoms with van der Waals surface area (Å²) in [6.07, 6.45) is 0.571. The van der Waals surface area contributed by atoms with Gasteiger partial charge in [-0.2, -0.15) is 4.98 Å². The number of hydrogen-bond acceptors (Lipinski definition) is 4. The van der Waals surface area contributed by atoms with E-state index in [0.717, 1.165) is 0 Å². The monoisotopic (exact) mass is 312 g/mol. The van der Waals surface area contributed by atoms with Crippen LogP contribution in [0.2, 0.25) is 5.02 Å². The minimum atomic E-state index is -0.872. The second-order valence-corrected chi connectivity index (χ2v) is 5.31. The summed E-state index contributed by atoms with van der Waals surface area (Å²) in [6, 6.07) is 4.72. The van der Waals surface area contributed by atoms with Crippen molar-refractivity contribution in [3.05, 3.63) is 46.3 Å². The van der Waals surface area contributed by atoms with Gasteiger partial charge in [0.05, 0.1) is 5.02 Å². The molecule has 0 aliphatic carbocycles. The molecule has 7 heteroatoms. The van der Waals surface area contributed by atoms with Crippen molar-refractivity contribution in [1.82, 2.24) is 10.1 Å². The van der Waals surface area contributed by atoms with Gasteiger partial charge < -0.3 is 9.63 Å². The molecule has 5 nitrogen and oxygen atoms in total. The maximum atomic E-state index is 13.8. The van der Waals surface area contributed by atoms with Crippen LogP contribution in [0, 0.1) is 11.7 Å². The van der Waals surface area contributed by atoms with E-state index in [0.29, 0.717) is 23.7 Å². The quantitative estimate of drug-likeness (QED) is 0.887. The molecule has 2 rings (SSSR count). The third-order valence-corrected chi connectivity index (χ3v) is 3.23. The fraction of sp³-hybridized carbons (Fsp3) is 0.357. The zero-order valence-electron chi connectivity index (χ0n) is 11.3. The summed E-state index contributed by atoms with van der Waals surface area (Å²) in [6.45, 7) is 1.79. The summed E-state index contributed by atoms with van der Waals surface area (Å²) in [4.78, 5) is 14.7. The van der Waals surface area contributed by atoms with Crippen molar-refractivity contribution in [3.8, 4) is 0 Å². The number of rotatable bonds is 6. The van der Waals surface area contributed by atoms with Crippen molar-refractivity contribution in [3.63, 3.8) is 0 Å². The van der Waals surface area contributed by atoms with Gasteiger partial charge in [-0.3, -0.25) is 4.79 Å². The van der Waals surface area contributed by atoms with E-state index in [-0.39, 0.29) is 23.8 Å². The maximum absolute atomic E-state index is 13.8. The Kier molecular flexibility index (Phi) is 4.90. The SMILES string of the molecule is CC(CC(=O)O)Cc1nc(Cc2cccc(Cl)c2F)no1. The van der Waals surface area contributed by atoms with E-state index in [9.17, 15) is 9.18 Å². The number of carboxylic acid groups (broad SMARTS) is 1. The number of carboxylic acids is 1. The van der Waals surface area contributed by atoms with Gasteiger partial charge in [0.25, 0.3) is 0 Å². The Bertz CT molecular complexity index is 645. The van der Waals surface area contributed by atoms with Crippen molar-refractivity contribution in [2.24, 2.45) is 5.92 Å². The highest BCUT2D eigenvalue weighted by Crippen LogP contribution is 2.20. The lowest BCUT2D eigenvalue weighted by Gasteiger charge is -2.03. The van der Waals surface area contributed by atoms with Gasteiger partial charge in [-0.15, -0.1) is 0 Å². The molecular weight excluding hydrogens is 299 g/mol. The van der Waals surface area contributed by atoms with Crippen LogP contribution < -0.4 is 0 Å². The average molecular weight is 313 g/mol. The van der Waals surface area contributed by atoms with Crippen LogP contribution in [-0.2, 0) is 17.6 Å². The zero-order chi connectivity index (χ0) is 15.4. The van der Waals surface area contributed by atoms with E-state index >= 15 is 0 Å². The van der Waals surface area contributed by atoms with Crippen LogP contribution in [0.1, 0.15) is 30.6 Å². The number of benzene rings is 1. The number of halogens is 2. The summed E-state index contributed by atoms with van der Waals surface area (Å²) >= 11 is 5.71. The van der Waals surface area contributed by atoms with Gasteiger partial charge >= 0.3 is 5.97 Å². The van der Waals surface area contributed by atoms with Crippen LogP contribution in [0.25, 0.3) is 0 Å².